The highest BCUT2D eigenvalue weighted by atomic mass is 19.4. The minimum Gasteiger partial charge on any atom is -0.434 e. The van der Waals surface area contributed by atoms with Crippen LogP contribution in [0, 0.1) is 18.8 Å². The van der Waals surface area contributed by atoms with Crippen molar-refractivity contribution in [2.45, 2.75) is 105 Å². The number of fused-ring (bicyclic) bond motifs is 3. The third-order valence-corrected chi connectivity index (χ3v) is 8.18. The molecule has 1 saturated carbocycles. The first-order valence-electron chi connectivity index (χ1n) is 15.8. The summed E-state index contributed by atoms with van der Waals surface area (Å²) < 4.78 is 40.0. The number of hydrogen-bond acceptors (Lipinski definition) is 5. The Balaban J connectivity index is 0.000000789. The second kappa shape index (κ2) is 19.0. The lowest BCUT2D eigenvalue weighted by Crippen LogP contribution is -2.46. The lowest BCUT2D eigenvalue weighted by Gasteiger charge is -2.50. The van der Waals surface area contributed by atoms with Gasteiger partial charge in [-0.1, -0.05) is 51.1 Å². The summed E-state index contributed by atoms with van der Waals surface area (Å²) in [6, 6.07) is 9.90. The van der Waals surface area contributed by atoms with E-state index in [2.05, 4.69) is 41.5 Å². The molecule has 9 heteroatoms. The molecule has 248 valence electrons. The number of ether oxygens (including phenoxy) is 2. The molecule has 1 aromatic heterocycles. The van der Waals surface area contributed by atoms with E-state index in [9.17, 15) is 22.8 Å². The van der Waals surface area contributed by atoms with Crippen LogP contribution < -0.4 is 5.32 Å². The van der Waals surface area contributed by atoms with Crippen molar-refractivity contribution in [1.29, 1.82) is 0 Å². The average molecular weight is 631 g/mol. The molecule has 1 amide bonds. The number of amides is 1. The van der Waals surface area contributed by atoms with Crippen molar-refractivity contribution in [2.24, 2.45) is 11.8 Å². The molecule has 6 nitrogen and oxygen atoms in total. The van der Waals surface area contributed by atoms with Gasteiger partial charge in [-0.2, -0.15) is 13.2 Å². The third kappa shape index (κ3) is 11.7. The number of aromatic nitrogens is 1. The fraction of sp³-hybridized carbons (Fsp3) is 0.528. The molecule has 0 aliphatic heterocycles. The summed E-state index contributed by atoms with van der Waals surface area (Å²) >= 11 is 0. The van der Waals surface area contributed by atoms with E-state index in [-0.39, 0.29) is 23.3 Å². The Kier molecular flexibility index (Phi) is 15.9. The molecule has 1 N–H and O–H groups in total. The highest BCUT2D eigenvalue weighted by Crippen LogP contribution is 2.53. The Hall–Kier alpha value is -3.62. The number of benzene rings is 1. The van der Waals surface area contributed by atoms with Gasteiger partial charge in [-0.3, -0.25) is 9.78 Å². The van der Waals surface area contributed by atoms with E-state index in [1.54, 1.807) is 6.20 Å². The van der Waals surface area contributed by atoms with Crippen LogP contribution in [0.25, 0.3) is 0 Å². The zero-order chi connectivity index (χ0) is 33.4. The molecule has 1 fully saturated rings. The summed E-state index contributed by atoms with van der Waals surface area (Å²) in [6.45, 7) is 8.79. The monoisotopic (exact) mass is 630 g/mol. The number of halogens is 3. The van der Waals surface area contributed by atoms with E-state index >= 15 is 0 Å². The van der Waals surface area contributed by atoms with Crippen molar-refractivity contribution >= 4 is 17.7 Å². The number of pyridine rings is 1. The molecule has 0 radical (unpaired) electrons. The number of aryl methyl sites for hydroxylation is 2. The zero-order valence-corrected chi connectivity index (χ0v) is 27.5. The van der Waals surface area contributed by atoms with Gasteiger partial charge in [0, 0.05) is 17.2 Å². The minimum absolute atomic E-state index is 0.00407. The number of anilines is 1. The highest BCUT2D eigenvalue weighted by molar-refractivity contribution is 6.04. The van der Waals surface area contributed by atoms with E-state index in [0.29, 0.717) is 18.1 Å². The topological polar surface area (TPSA) is 77.5 Å². The van der Waals surface area contributed by atoms with Crippen molar-refractivity contribution < 1.29 is 32.2 Å². The van der Waals surface area contributed by atoms with Crippen LogP contribution in [0.2, 0.25) is 0 Å². The fourth-order valence-electron chi connectivity index (χ4n) is 5.95. The Morgan fingerprint density at radius 2 is 1.82 bits per heavy atom. The van der Waals surface area contributed by atoms with Crippen LogP contribution in [0.3, 0.4) is 0 Å². The molecule has 45 heavy (non-hydrogen) atoms. The number of rotatable bonds is 8. The maximum Gasteiger partial charge on any atom is 0.508 e. The normalized spacial score (nSPS) is 20.4. The van der Waals surface area contributed by atoms with Gasteiger partial charge in [0.1, 0.15) is 6.10 Å². The van der Waals surface area contributed by atoms with Gasteiger partial charge in [0.2, 0.25) is 0 Å². The van der Waals surface area contributed by atoms with E-state index in [1.807, 2.05) is 65.0 Å². The quantitative estimate of drug-likeness (QED) is 0.232. The van der Waals surface area contributed by atoms with Gasteiger partial charge in [0.25, 0.3) is 5.91 Å². The summed E-state index contributed by atoms with van der Waals surface area (Å²) in [7, 11) is 0. The van der Waals surface area contributed by atoms with Crippen LogP contribution in [0.5, 0.6) is 0 Å². The van der Waals surface area contributed by atoms with Gasteiger partial charge in [-0.05, 0) is 113 Å². The average Bonchev–Trinajstić information content (AvgIpc) is 3.01. The standard InChI is InChI=1S/C31H40N2O4.C4H8.CHF3/c1-5-6-7-15-31-16-14-26(37-30(35)36-20-21(2)3)19-25(31)12-10-23-18-24(11-13-27(23)31)29(34)33-28-9-8-17-32-22(28)4;1-3-4-2;2-1(3)4/h6-9,11,13,17-18,21,25-26H,5,10,12,14-16,19-20H2,1-4H3,(H,33,34);3-4H,1-2H3;1H/b7-6+;4-3-;/t25?,26-,31-;;/m1../s1. The molecule has 0 bridgehead atoms. The van der Waals surface area contributed by atoms with Crippen molar-refractivity contribution in [2.75, 3.05) is 11.9 Å². The van der Waals surface area contributed by atoms with Gasteiger partial charge in [-0.25, -0.2) is 4.79 Å². The number of nitrogens with one attached hydrogen (secondary N) is 1. The van der Waals surface area contributed by atoms with E-state index in [4.69, 9.17) is 9.47 Å². The van der Waals surface area contributed by atoms with Gasteiger partial charge in [0.15, 0.2) is 0 Å². The van der Waals surface area contributed by atoms with Crippen LogP contribution in [0.4, 0.5) is 23.7 Å². The summed E-state index contributed by atoms with van der Waals surface area (Å²) in [6.07, 6.45) is 16.1. The number of nitrogens with zero attached hydrogens (tertiary/aromatic N) is 1. The number of carbonyl (C=O) groups excluding carboxylic acids is 2. The fourth-order valence-corrected chi connectivity index (χ4v) is 5.95. The molecule has 2 aliphatic rings. The van der Waals surface area contributed by atoms with Crippen molar-refractivity contribution in [3.8, 4) is 0 Å². The molecule has 0 spiro atoms. The van der Waals surface area contributed by atoms with Gasteiger partial charge in [-0.15, -0.1) is 0 Å². The molecule has 2 aromatic rings. The molecule has 3 atom stereocenters. The molecular formula is C36H49F3N2O4. The first-order chi connectivity index (χ1) is 21.5. The lowest BCUT2D eigenvalue weighted by atomic mass is 9.55. The van der Waals surface area contributed by atoms with Gasteiger partial charge >= 0.3 is 12.8 Å². The third-order valence-electron chi connectivity index (χ3n) is 8.18. The van der Waals surface area contributed by atoms with E-state index in [0.717, 1.165) is 56.3 Å². The Bertz CT molecular complexity index is 1270. The number of alkyl halides is 3. The lowest BCUT2D eigenvalue weighted by molar-refractivity contribution is -0.0199. The summed E-state index contributed by atoms with van der Waals surface area (Å²) in [4.78, 5) is 29.5. The predicted molar refractivity (Wildman–Crippen MR) is 173 cm³/mol. The van der Waals surface area contributed by atoms with Crippen molar-refractivity contribution in [3.05, 3.63) is 83.2 Å². The van der Waals surface area contributed by atoms with Crippen LogP contribution in [-0.4, -0.2) is 36.4 Å². The van der Waals surface area contributed by atoms with E-state index in [1.165, 1.54) is 11.1 Å². The predicted octanol–water partition coefficient (Wildman–Crippen LogP) is 9.92. The van der Waals surface area contributed by atoms with Crippen LogP contribution >= 0.6 is 0 Å². The summed E-state index contributed by atoms with van der Waals surface area (Å²) in [5.74, 6) is 0.584. The number of hydrogen-bond donors (Lipinski definition) is 1. The van der Waals surface area contributed by atoms with Gasteiger partial charge in [0.05, 0.1) is 18.0 Å². The molecular weight excluding hydrogens is 581 g/mol. The highest BCUT2D eigenvalue weighted by Gasteiger charge is 2.47. The first-order valence-corrected chi connectivity index (χ1v) is 15.8. The SMILES string of the molecule is C/C=C\C.CC/C=C/C[C@@]12CC[C@@H](OC(=O)OCC(C)C)CC1CCc1cc(C(=O)Nc3cccnc3C)ccc12.FC(F)F. The van der Waals surface area contributed by atoms with Gasteiger partial charge < -0.3 is 14.8 Å². The van der Waals surface area contributed by atoms with Crippen LogP contribution in [0.15, 0.2) is 60.8 Å². The molecule has 1 unspecified atom stereocenters. The van der Waals surface area contributed by atoms with Crippen molar-refractivity contribution in [3.63, 3.8) is 0 Å². The van der Waals surface area contributed by atoms with E-state index < -0.39 is 12.8 Å². The molecule has 0 saturated heterocycles. The molecule has 1 heterocycles. The molecule has 1 aromatic carbocycles. The molecule has 4 rings (SSSR count). The Morgan fingerprint density at radius 1 is 1.11 bits per heavy atom. The first kappa shape index (κ1) is 37.6. The number of carbonyl (C=O) groups is 2. The molecule has 2 aliphatic carbocycles. The second-order valence-corrected chi connectivity index (χ2v) is 11.8. The largest absolute Gasteiger partial charge is 0.508 e. The maximum atomic E-state index is 13.1. The second-order valence-electron chi connectivity index (χ2n) is 11.8. The Morgan fingerprint density at radius 3 is 2.44 bits per heavy atom. The zero-order valence-electron chi connectivity index (χ0n) is 27.5. The van der Waals surface area contributed by atoms with Crippen LogP contribution in [0.1, 0.15) is 100 Å². The van der Waals surface area contributed by atoms with Crippen LogP contribution in [-0.2, 0) is 21.3 Å². The minimum atomic E-state index is -3.67. The Labute approximate surface area is 266 Å². The van der Waals surface area contributed by atoms with Crippen molar-refractivity contribution in [1.82, 2.24) is 4.98 Å². The number of allylic oxidation sites excluding steroid dienone is 4. The maximum absolute atomic E-state index is 13.1. The smallest absolute Gasteiger partial charge is 0.434 e. The summed E-state index contributed by atoms with van der Waals surface area (Å²) in [5.41, 5.74) is 4.80. The summed E-state index contributed by atoms with van der Waals surface area (Å²) in [5, 5.41) is 3.01.